The number of allylic oxidation sites excluding steroid dienone is 9. The van der Waals surface area contributed by atoms with E-state index in [1.807, 2.05) is 13.8 Å². The molecule has 0 aromatic heterocycles. The molecule has 4 heteroatoms. The average Bonchev–Trinajstić information content (AvgIpc) is 3.12. The Morgan fingerprint density at radius 3 is 2.66 bits per heavy atom. The summed E-state index contributed by atoms with van der Waals surface area (Å²) >= 11 is 0. The van der Waals surface area contributed by atoms with Gasteiger partial charge in [-0.3, -0.25) is 4.79 Å². The van der Waals surface area contributed by atoms with Crippen LogP contribution in [0.25, 0.3) is 0 Å². The molecule has 0 radical (unpaired) electrons. The Bertz CT molecular complexity index is 912. The van der Waals surface area contributed by atoms with Gasteiger partial charge >= 0.3 is 0 Å². The van der Waals surface area contributed by atoms with Gasteiger partial charge in [0.1, 0.15) is 6.29 Å². The largest absolute Gasteiger partial charge is 0.389 e. The molecular weight excluding hydrogens is 436 g/mol. The smallest absolute Gasteiger partial charge is 0.167 e. The minimum Gasteiger partial charge on any atom is -0.389 e. The lowest BCUT2D eigenvalue weighted by atomic mass is 9.53. The van der Waals surface area contributed by atoms with E-state index in [-0.39, 0.29) is 12.0 Å². The maximum Gasteiger partial charge on any atom is 0.167 e. The molecule has 0 bridgehead atoms. The fraction of sp³-hybridized carbons (Fsp3) is 0.645. The lowest BCUT2D eigenvalue weighted by Crippen LogP contribution is -2.59. The normalized spacial score (nSPS) is 35.7. The minimum atomic E-state index is -0.913. The topological polar surface area (TPSA) is 55.8 Å². The molecular formula is C31H46O4. The molecule has 3 rings (SSSR count). The predicted molar refractivity (Wildman–Crippen MR) is 143 cm³/mol. The van der Waals surface area contributed by atoms with E-state index in [1.165, 1.54) is 16.7 Å². The molecule has 4 nitrogen and oxygen atoms in total. The Hall–Kier alpha value is -1.75. The van der Waals surface area contributed by atoms with Gasteiger partial charge in [0.2, 0.25) is 0 Å². The Labute approximate surface area is 212 Å². The van der Waals surface area contributed by atoms with Crippen molar-refractivity contribution in [2.75, 3.05) is 6.61 Å². The summed E-state index contributed by atoms with van der Waals surface area (Å²) in [6.45, 7) is 13.1. The van der Waals surface area contributed by atoms with Gasteiger partial charge in [0.15, 0.2) is 6.29 Å². The molecule has 2 heterocycles. The first-order chi connectivity index (χ1) is 16.6. The molecule has 2 saturated heterocycles. The fourth-order valence-corrected chi connectivity index (χ4v) is 6.30. The van der Waals surface area contributed by atoms with Crippen molar-refractivity contribution in [2.45, 2.75) is 111 Å². The van der Waals surface area contributed by atoms with Crippen molar-refractivity contribution < 1.29 is 19.4 Å². The third kappa shape index (κ3) is 6.34. The van der Waals surface area contributed by atoms with Crippen molar-refractivity contribution in [3.63, 3.8) is 0 Å². The van der Waals surface area contributed by atoms with Crippen LogP contribution in [0.15, 0.2) is 58.2 Å². The predicted octanol–water partition coefficient (Wildman–Crippen LogP) is 7.16. The lowest BCUT2D eigenvalue weighted by Gasteiger charge is -2.55. The van der Waals surface area contributed by atoms with E-state index in [9.17, 15) is 9.90 Å². The zero-order valence-corrected chi connectivity index (χ0v) is 22.7. The summed E-state index contributed by atoms with van der Waals surface area (Å²) in [5.41, 5.74) is 4.42. The van der Waals surface area contributed by atoms with Gasteiger partial charge in [-0.05, 0) is 98.0 Å². The number of carbonyl (C=O) groups excluding carboxylic acids is 1. The molecule has 35 heavy (non-hydrogen) atoms. The SMILES string of the molecule is CC(C)=CCC/C(C)=C/C=C/C(C)=C/C1C[C@]23C(CCCCO[C@H]2O1)/C(=C(/C)C=O)CC[C@]3(C)O. The quantitative estimate of drug-likeness (QED) is 0.181. The number of hydrogen-bond acceptors (Lipinski definition) is 4. The van der Waals surface area contributed by atoms with E-state index < -0.39 is 17.3 Å². The molecule has 5 atom stereocenters. The number of aldehydes is 1. The van der Waals surface area contributed by atoms with E-state index in [0.29, 0.717) is 19.4 Å². The maximum absolute atomic E-state index is 11.8. The van der Waals surface area contributed by atoms with Crippen LogP contribution < -0.4 is 0 Å². The van der Waals surface area contributed by atoms with Crippen LogP contribution in [0.4, 0.5) is 0 Å². The van der Waals surface area contributed by atoms with E-state index in [2.05, 4.69) is 58.1 Å². The van der Waals surface area contributed by atoms with Crippen LogP contribution in [0.3, 0.4) is 0 Å². The van der Waals surface area contributed by atoms with Crippen LogP contribution in [0.1, 0.15) is 92.9 Å². The van der Waals surface area contributed by atoms with Gasteiger partial charge in [0.25, 0.3) is 0 Å². The van der Waals surface area contributed by atoms with Gasteiger partial charge in [0, 0.05) is 6.61 Å². The van der Waals surface area contributed by atoms with Crippen molar-refractivity contribution in [3.05, 3.63) is 58.2 Å². The van der Waals surface area contributed by atoms with Crippen molar-refractivity contribution in [1.82, 2.24) is 0 Å². The number of hydrogen-bond donors (Lipinski definition) is 1. The highest BCUT2D eigenvalue weighted by molar-refractivity contribution is 5.74. The molecule has 194 valence electrons. The van der Waals surface area contributed by atoms with Crippen molar-refractivity contribution >= 4 is 6.29 Å². The van der Waals surface area contributed by atoms with Gasteiger partial charge in [0.05, 0.1) is 17.1 Å². The Kier molecular flexibility index (Phi) is 9.53. The Morgan fingerprint density at radius 2 is 1.94 bits per heavy atom. The van der Waals surface area contributed by atoms with Crippen LogP contribution >= 0.6 is 0 Å². The van der Waals surface area contributed by atoms with E-state index in [1.54, 1.807) is 0 Å². The second-order valence-electron chi connectivity index (χ2n) is 11.4. The third-order valence-corrected chi connectivity index (χ3v) is 8.30. The van der Waals surface area contributed by atoms with Crippen LogP contribution in [-0.4, -0.2) is 36.0 Å². The Balaban J connectivity index is 1.83. The molecule has 1 aliphatic carbocycles. The van der Waals surface area contributed by atoms with Crippen molar-refractivity contribution in [1.29, 1.82) is 0 Å². The molecule has 0 aromatic carbocycles. The van der Waals surface area contributed by atoms with Gasteiger partial charge in [-0.15, -0.1) is 0 Å². The molecule has 0 aromatic rings. The number of rotatable bonds is 7. The van der Waals surface area contributed by atoms with Crippen molar-refractivity contribution in [2.24, 2.45) is 11.3 Å². The number of carbonyl (C=O) groups is 1. The van der Waals surface area contributed by atoms with E-state index in [4.69, 9.17) is 9.47 Å². The first kappa shape index (κ1) is 27.8. The zero-order chi connectivity index (χ0) is 25.6. The standard InChI is InChI=1S/C31H46O4/c1-22(2)11-9-12-23(3)13-10-14-24(4)19-26-20-31-28(15-7-8-18-34-29(31)35-26)27(25(5)21-32)16-17-30(31,6)33/h10-11,13-14,19,21,26,28-29,33H,7-9,12,15-18,20H2,1-6H3/b14-10+,23-13+,24-19+,27-25-/t26?,28?,29-,30-,31-/m0/s1. The van der Waals surface area contributed by atoms with Crippen LogP contribution in [-0.2, 0) is 14.3 Å². The summed E-state index contributed by atoms with van der Waals surface area (Å²) < 4.78 is 12.8. The van der Waals surface area contributed by atoms with Crippen LogP contribution in [0, 0.1) is 11.3 Å². The third-order valence-electron chi connectivity index (χ3n) is 8.30. The number of aliphatic hydroxyl groups is 1. The molecule has 1 spiro atoms. The first-order valence-electron chi connectivity index (χ1n) is 13.4. The molecule has 2 aliphatic heterocycles. The van der Waals surface area contributed by atoms with Crippen LogP contribution in [0.2, 0.25) is 0 Å². The van der Waals surface area contributed by atoms with Gasteiger partial charge in [-0.1, -0.05) is 59.1 Å². The molecule has 1 N–H and O–H groups in total. The average molecular weight is 483 g/mol. The van der Waals surface area contributed by atoms with E-state index in [0.717, 1.165) is 56.0 Å². The van der Waals surface area contributed by atoms with Gasteiger partial charge in [-0.25, -0.2) is 0 Å². The van der Waals surface area contributed by atoms with E-state index >= 15 is 0 Å². The number of ether oxygens (including phenoxy) is 2. The summed E-state index contributed by atoms with van der Waals surface area (Å²) in [4.78, 5) is 11.7. The fourth-order valence-electron chi connectivity index (χ4n) is 6.30. The van der Waals surface area contributed by atoms with Crippen molar-refractivity contribution in [3.8, 4) is 0 Å². The summed E-state index contributed by atoms with van der Waals surface area (Å²) in [6, 6.07) is 0. The highest BCUT2D eigenvalue weighted by atomic mass is 16.7. The summed E-state index contributed by atoms with van der Waals surface area (Å²) in [6.07, 6.45) is 18.5. The minimum absolute atomic E-state index is 0.0994. The second kappa shape index (κ2) is 12.0. The Morgan fingerprint density at radius 1 is 1.17 bits per heavy atom. The first-order valence-corrected chi connectivity index (χ1v) is 13.4. The second-order valence-corrected chi connectivity index (χ2v) is 11.4. The summed E-state index contributed by atoms with van der Waals surface area (Å²) in [5.74, 6) is 0.0994. The lowest BCUT2D eigenvalue weighted by molar-refractivity contribution is -0.245. The zero-order valence-electron chi connectivity index (χ0n) is 22.7. The summed E-state index contributed by atoms with van der Waals surface area (Å²) in [7, 11) is 0. The highest BCUT2D eigenvalue weighted by Crippen LogP contribution is 2.61. The monoisotopic (exact) mass is 482 g/mol. The molecule has 3 aliphatic rings. The highest BCUT2D eigenvalue weighted by Gasteiger charge is 2.65. The molecule has 1 saturated carbocycles. The van der Waals surface area contributed by atoms with Gasteiger partial charge < -0.3 is 14.6 Å². The molecule has 2 unspecified atom stereocenters. The maximum atomic E-state index is 11.8. The van der Waals surface area contributed by atoms with Crippen LogP contribution in [0.5, 0.6) is 0 Å². The molecule has 0 amide bonds. The van der Waals surface area contributed by atoms with Gasteiger partial charge in [-0.2, -0.15) is 0 Å². The summed E-state index contributed by atoms with van der Waals surface area (Å²) in [5, 5.41) is 11.8. The molecule has 3 fully saturated rings.